The van der Waals surface area contributed by atoms with Gasteiger partial charge in [-0.3, -0.25) is 4.57 Å². The second kappa shape index (κ2) is 14.6. The van der Waals surface area contributed by atoms with Gasteiger partial charge in [-0.1, -0.05) is 45.4 Å². The molecule has 0 N–H and O–H groups in total. The minimum absolute atomic E-state index is 1.04. The summed E-state index contributed by atoms with van der Waals surface area (Å²) < 4.78 is 22.2. The number of rotatable bonds is 12. The lowest BCUT2D eigenvalue weighted by Gasteiger charge is -2.16. The van der Waals surface area contributed by atoms with E-state index in [2.05, 4.69) is 50.8 Å². The second-order valence-corrected chi connectivity index (χ2v) is 7.39. The Morgan fingerprint density at radius 3 is 1.96 bits per heavy atom. The van der Waals surface area contributed by atoms with Crippen LogP contribution in [0, 0.1) is 0 Å². The van der Waals surface area contributed by atoms with Crippen LogP contribution in [0.25, 0.3) is 0 Å². The molecule has 6 nitrogen and oxygen atoms in total. The molecule has 0 bridgehead atoms. The largest absolute Gasteiger partial charge is 0.756 e. The smallest absolute Gasteiger partial charge is 0.267 e. The van der Waals surface area contributed by atoms with E-state index >= 15 is 0 Å². The molecule has 0 aromatic carbocycles. The molecular formula is C17H35N2O4P. The number of imidazole rings is 1. The van der Waals surface area contributed by atoms with Crippen LogP contribution < -0.4 is 9.46 Å². The van der Waals surface area contributed by atoms with Crippen molar-refractivity contribution in [3.8, 4) is 0 Å². The van der Waals surface area contributed by atoms with E-state index in [0.717, 1.165) is 20.8 Å². The first-order valence-corrected chi connectivity index (χ1v) is 10.4. The first-order chi connectivity index (χ1) is 11.5. The summed E-state index contributed by atoms with van der Waals surface area (Å²) in [6.07, 6.45) is 17.8. The van der Waals surface area contributed by atoms with E-state index in [1.807, 2.05) is 0 Å². The molecule has 0 saturated heterocycles. The van der Waals surface area contributed by atoms with E-state index in [1.54, 1.807) is 0 Å². The first kappa shape index (κ1) is 23.3. The second-order valence-electron chi connectivity index (χ2n) is 5.77. The Morgan fingerprint density at radius 1 is 1.00 bits per heavy atom. The molecule has 0 atom stereocenters. The minimum atomic E-state index is -3.90. The summed E-state index contributed by atoms with van der Waals surface area (Å²) in [5.41, 5.74) is 0. The standard InChI is InChI=1S/C15H29N2.C2H7O4P/c1-3-5-6-7-8-9-10-11-12-17-14-13-16(4-2)15-17;1-5-7(3,4)6-2/h13-15H,3-12H2,1-2H3;1-2H3,(H,3,4)/q+1;/p-1. The van der Waals surface area contributed by atoms with Crippen LogP contribution >= 0.6 is 7.82 Å². The molecule has 142 valence electrons. The topological polar surface area (TPSA) is 67.4 Å². The fourth-order valence-electron chi connectivity index (χ4n) is 2.26. The normalized spacial score (nSPS) is 11.2. The van der Waals surface area contributed by atoms with Gasteiger partial charge < -0.3 is 13.9 Å². The van der Waals surface area contributed by atoms with Crippen LogP contribution in [-0.4, -0.2) is 18.8 Å². The molecule has 0 aliphatic rings. The lowest BCUT2D eigenvalue weighted by atomic mass is 10.1. The Kier molecular flexibility index (Phi) is 14.2. The molecule has 1 heterocycles. The van der Waals surface area contributed by atoms with Gasteiger partial charge in [-0.05, 0) is 19.8 Å². The number of aromatic nitrogens is 2. The van der Waals surface area contributed by atoms with Crippen LogP contribution in [0.4, 0.5) is 0 Å². The van der Waals surface area contributed by atoms with E-state index < -0.39 is 7.82 Å². The number of phosphoric acid groups is 1. The molecular weight excluding hydrogens is 327 g/mol. The number of phosphoric ester groups is 1. The van der Waals surface area contributed by atoms with E-state index in [0.29, 0.717) is 0 Å². The van der Waals surface area contributed by atoms with Gasteiger partial charge in [-0.2, -0.15) is 0 Å². The molecule has 0 saturated carbocycles. The van der Waals surface area contributed by atoms with Gasteiger partial charge in [0.25, 0.3) is 7.82 Å². The van der Waals surface area contributed by atoms with Crippen molar-refractivity contribution < 1.29 is 23.1 Å². The number of aryl methyl sites for hydroxylation is 2. The highest BCUT2D eigenvalue weighted by Gasteiger charge is 2.01. The third kappa shape index (κ3) is 12.7. The lowest BCUT2D eigenvalue weighted by Crippen LogP contribution is -2.30. The zero-order valence-electron chi connectivity index (χ0n) is 15.8. The third-order valence-electron chi connectivity index (χ3n) is 3.83. The maximum absolute atomic E-state index is 9.95. The Bertz CT molecular complexity index is 444. The van der Waals surface area contributed by atoms with Crippen molar-refractivity contribution >= 4 is 7.82 Å². The molecule has 1 rings (SSSR count). The van der Waals surface area contributed by atoms with Crippen LogP contribution in [0.15, 0.2) is 18.7 Å². The van der Waals surface area contributed by atoms with Gasteiger partial charge in [0.15, 0.2) is 0 Å². The number of nitrogens with zero attached hydrogens (tertiary/aromatic N) is 2. The highest BCUT2D eigenvalue weighted by Crippen LogP contribution is 2.34. The average molecular weight is 362 g/mol. The van der Waals surface area contributed by atoms with Gasteiger partial charge >= 0.3 is 0 Å². The van der Waals surface area contributed by atoms with E-state index in [-0.39, 0.29) is 0 Å². The summed E-state index contributed by atoms with van der Waals surface area (Å²) in [6.45, 7) is 6.71. The molecule has 0 radical (unpaired) electrons. The zero-order chi connectivity index (χ0) is 18.3. The van der Waals surface area contributed by atoms with Crippen molar-refractivity contribution in [2.45, 2.75) is 78.3 Å². The third-order valence-corrected chi connectivity index (χ3v) is 4.72. The van der Waals surface area contributed by atoms with Crippen molar-refractivity contribution in [3.05, 3.63) is 18.7 Å². The van der Waals surface area contributed by atoms with Crippen LogP contribution in [0.3, 0.4) is 0 Å². The Labute approximate surface area is 147 Å². The maximum Gasteiger partial charge on any atom is 0.267 e. The summed E-state index contributed by atoms with van der Waals surface area (Å²) in [4.78, 5) is 9.95. The summed E-state index contributed by atoms with van der Waals surface area (Å²) in [6, 6.07) is 0. The molecule has 0 aliphatic carbocycles. The van der Waals surface area contributed by atoms with Crippen molar-refractivity contribution in [1.82, 2.24) is 4.57 Å². The number of hydrogen-bond acceptors (Lipinski definition) is 4. The van der Waals surface area contributed by atoms with Gasteiger partial charge in [0.05, 0.1) is 13.1 Å². The monoisotopic (exact) mass is 362 g/mol. The van der Waals surface area contributed by atoms with Crippen molar-refractivity contribution in [1.29, 1.82) is 0 Å². The summed E-state index contributed by atoms with van der Waals surface area (Å²) >= 11 is 0. The summed E-state index contributed by atoms with van der Waals surface area (Å²) in [5.74, 6) is 0. The molecule has 0 amide bonds. The van der Waals surface area contributed by atoms with E-state index in [1.165, 1.54) is 57.9 Å². The fourth-order valence-corrected chi connectivity index (χ4v) is 2.41. The SMILES string of the molecule is CCCCCCCCCC[n+]1ccn(CC)c1.COP(=O)([O-])OC. The van der Waals surface area contributed by atoms with Crippen LogP contribution in [-0.2, 0) is 26.7 Å². The average Bonchev–Trinajstić information content (AvgIpc) is 3.06. The molecule has 1 aromatic heterocycles. The predicted molar refractivity (Wildman–Crippen MR) is 94.5 cm³/mol. The molecule has 0 spiro atoms. The van der Waals surface area contributed by atoms with Crippen molar-refractivity contribution in [2.75, 3.05) is 14.2 Å². The quantitative estimate of drug-likeness (QED) is 0.323. The molecule has 24 heavy (non-hydrogen) atoms. The zero-order valence-corrected chi connectivity index (χ0v) is 16.7. The molecule has 0 fully saturated rings. The Balaban J connectivity index is 0.000000640. The van der Waals surface area contributed by atoms with E-state index in [4.69, 9.17) is 0 Å². The summed E-state index contributed by atoms with van der Waals surface area (Å²) in [5, 5.41) is 0. The Hall–Kier alpha value is -0.680. The molecule has 7 heteroatoms. The minimum Gasteiger partial charge on any atom is -0.756 e. The van der Waals surface area contributed by atoms with Gasteiger partial charge in [0.2, 0.25) is 6.33 Å². The lowest BCUT2D eigenvalue weighted by molar-refractivity contribution is -0.696. The summed E-state index contributed by atoms with van der Waals surface area (Å²) in [7, 11) is -1.83. The van der Waals surface area contributed by atoms with Gasteiger partial charge in [-0.25, -0.2) is 9.13 Å². The molecule has 0 unspecified atom stereocenters. The van der Waals surface area contributed by atoms with Crippen molar-refractivity contribution in [3.63, 3.8) is 0 Å². The highest BCUT2D eigenvalue weighted by molar-refractivity contribution is 7.45. The Morgan fingerprint density at radius 2 is 1.54 bits per heavy atom. The van der Waals surface area contributed by atoms with Gasteiger partial charge in [0.1, 0.15) is 12.4 Å². The van der Waals surface area contributed by atoms with Crippen LogP contribution in [0.2, 0.25) is 0 Å². The van der Waals surface area contributed by atoms with Gasteiger partial charge in [0, 0.05) is 14.2 Å². The molecule has 0 aliphatic heterocycles. The fraction of sp³-hybridized carbons (Fsp3) is 0.824. The van der Waals surface area contributed by atoms with Crippen LogP contribution in [0.5, 0.6) is 0 Å². The first-order valence-electron chi connectivity index (χ1n) is 8.96. The number of hydrogen-bond donors (Lipinski definition) is 0. The highest BCUT2D eigenvalue weighted by atomic mass is 31.2. The van der Waals surface area contributed by atoms with E-state index in [9.17, 15) is 9.46 Å². The predicted octanol–water partition coefficient (Wildman–Crippen LogP) is 3.68. The van der Waals surface area contributed by atoms with Gasteiger partial charge in [-0.15, -0.1) is 0 Å². The molecule has 1 aromatic rings. The van der Waals surface area contributed by atoms with Crippen LogP contribution in [0.1, 0.15) is 65.2 Å². The maximum atomic E-state index is 9.95. The van der Waals surface area contributed by atoms with Crippen molar-refractivity contribution in [2.24, 2.45) is 0 Å². The number of unbranched alkanes of at least 4 members (excludes halogenated alkanes) is 7.